The minimum absolute atomic E-state index is 0.0550. The number of hydrogen-bond donors (Lipinski definition) is 1. The minimum Gasteiger partial charge on any atom is -0.496 e. The van der Waals surface area contributed by atoms with E-state index in [-0.39, 0.29) is 17.1 Å². The monoisotopic (exact) mass is 478 g/mol. The van der Waals surface area contributed by atoms with E-state index in [9.17, 15) is 19.7 Å². The molecule has 33 heavy (non-hydrogen) atoms. The number of nitro groups is 1. The summed E-state index contributed by atoms with van der Waals surface area (Å²) in [5.74, 6) is -0.496. The molecule has 0 heterocycles. The number of methoxy groups -OCH3 is 2. The second-order valence-corrected chi connectivity index (χ2v) is 6.92. The van der Waals surface area contributed by atoms with Crippen LogP contribution in [0.15, 0.2) is 36.4 Å². The maximum atomic E-state index is 12.4. The zero-order valence-corrected chi connectivity index (χ0v) is 19.2. The Kier molecular flexibility index (Phi) is 9.05. The van der Waals surface area contributed by atoms with Crippen LogP contribution >= 0.6 is 11.6 Å². The quantitative estimate of drug-likeness (QED) is 0.232. The summed E-state index contributed by atoms with van der Waals surface area (Å²) in [5, 5.41) is 13.9. The number of carbonyl (C=O) groups is 2. The van der Waals surface area contributed by atoms with Crippen LogP contribution in [0.2, 0.25) is 5.02 Å². The van der Waals surface area contributed by atoms with Crippen molar-refractivity contribution in [2.24, 2.45) is 0 Å². The number of anilines is 1. The second kappa shape index (κ2) is 11.7. The van der Waals surface area contributed by atoms with E-state index in [1.165, 1.54) is 45.4 Å². The topological polar surface area (TPSA) is 126 Å². The van der Waals surface area contributed by atoms with Gasteiger partial charge in [0.25, 0.3) is 11.6 Å². The SMILES string of the molecule is CCOc1cc(/C=C/C(=O)OC(C)C(=O)Nc2ccc(OC)cc2[N+](=O)[O-])cc(Cl)c1OC. The summed E-state index contributed by atoms with van der Waals surface area (Å²) in [4.78, 5) is 35.1. The van der Waals surface area contributed by atoms with Crippen LogP contribution in [-0.2, 0) is 14.3 Å². The van der Waals surface area contributed by atoms with E-state index in [0.717, 1.165) is 6.08 Å². The highest BCUT2D eigenvalue weighted by molar-refractivity contribution is 6.32. The molecule has 2 aromatic carbocycles. The van der Waals surface area contributed by atoms with Gasteiger partial charge >= 0.3 is 5.97 Å². The average Bonchev–Trinajstić information content (AvgIpc) is 2.77. The first-order chi connectivity index (χ1) is 15.7. The largest absolute Gasteiger partial charge is 0.496 e. The molecule has 1 amide bonds. The fourth-order valence-corrected chi connectivity index (χ4v) is 3.00. The van der Waals surface area contributed by atoms with Crippen molar-refractivity contribution in [3.05, 3.63) is 57.1 Å². The number of amides is 1. The number of hydrogen-bond acceptors (Lipinski definition) is 8. The number of benzene rings is 2. The first kappa shape index (κ1) is 25.5. The van der Waals surface area contributed by atoms with E-state index in [1.54, 1.807) is 19.1 Å². The van der Waals surface area contributed by atoms with Crippen molar-refractivity contribution >= 4 is 40.9 Å². The zero-order chi connectivity index (χ0) is 24.5. The lowest BCUT2D eigenvalue weighted by atomic mass is 10.2. The summed E-state index contributed by atoms with van der Waals surface area (Å²) in [5.41, 5.74) is 0.135. The van der Waals surface area contributed by atoms with Gasteiger partial charge in [-0.15, -0.1) is 0 Å². The van der Waals surface area contributed by atoms with E-state index in [4.69, 9.17) is 30.5 Å². The number of nitro benzene ring substituents is 1. The molecule has 0 radical (unpaired) electrons. The molecule has 0 saturated carbocycles. The van der Waals surface area contributed by atoms with Crippen LogP contribution in [0.3, 0.4) is 0 Å². The molecular weight excluding hydrogens is 456 g/mol. The van der Waals surface area contributed by atoms with Crippen LogP contribution in [0.5, 0.6) is 17.2 Å². The van der Waals surface area contributed by atoms with Crippen molar-refractivity contribution in [1.29, 1.82) is 0 Å². The van der Waals surface area contributed by atoms with Crippen LogP contribution < -0.4 is 19.5 Å². The molecule has 0 fully saturated rings. The van der Waals surface area contributed by atoms with Crippen LogP contribution in [0, 0.1) is 10.1 Å². The van der Waals surface area contributed by atoms with Gasteiger partial charge in [0.2, 0.25) is 0 Å². The molecular formula is C22H23ClN2O8. The molecule has 0 saturated heterocycles. The van der Waals surface area contributed by atoms with E-state index < -0.39 is 22.9 Å². The van der Waals surface area contributed by atoms with Crippen molar-refractivity contribution in [3.63, 3.8) is 0 Å². The number of nitrogens with zero attached hydrogens (tertiary/aromatic N) is 1. The van der Waals surface area contributed by atoms with Gasteiger partial charge in [-0.25, -0.2) is 4.79 Å². The Morgan fingerprint density at radius 2 is 1.94 bits per heavy atom. The molecule has 0 spiro atoms. The molecule has 0 aromatic heterocycles. The predicted molar refractivity (Wildman–Crippen MR) is 122 cm³/mol. The van der Waals surface area contributed by atoms with Gasteiger partial charge in [0.1, 0.15) is 11.4 Å². The molecule has 0 aliphatic heterocycles. The molecule has 2 rings (SSSR count). The average molecular weight is 479 g/mol. The molecule has 176 valence electrons. The van der Waals surface area contributed by atoms with Gasteiger partial charge < -0.3 is 24.3 Å². The standard InChI is InChI=1S/C22H23ClN2O8/c1-5-32-19-11-14(10-16(23)21(19)31-4)6-9-20(26)33-13(2)22(27)24-17-8-7-15(30-3)12-18(17)25(28)29/h6-13H,5H2,1-4H3,(H,24,27)/b9-6+. The Labute approximate surface area is 195 Å². The maximum absolute atomic E-state index is 12.4. The summed E-state index contributed by atoms with van der Waals surface area (Å²) >= 11 is 6.18. The Balaban J connectivity index is 2.07. The highest BCUT2D eigenvalue weighted by atomic mass is 35.5. The molecule has 1 N–H and O–H groups in total. The van der Waals surface area contributed by atoms with Crippen molar-refractivity contribution in [2.45, 2.75) is 20.0 Å². The second-order valence-electron chi connectivity index (χ2n) is 6.51. The van der Waals surface area contributed by atoms with Crippen LogP contribution in [0.25, 0.3) is 6.08 Å². The maximum Gasteiger partial charge on any atom is 0.331 e. The lowest BCUT2D eigenvalue weighted by molar-refractivity contribution is -0.384. The van der Waals surface area contributed by atoms with E-state index in [1.807, 2.05) is 0 Å². The van der Waals surface area contributed by atoms with Gasteiger partial charge in [-0.3, -0.25) is 14.9 Å². The normalized spacial score (nSPS) is 11.5. The molecule has 2 aromatic rings. The fraction of sp³-hybridized carbons (Fsp3) is 0.273. The van der Waals surface area contributed by atoms with Gasteiger partial charge in [0, 0.05) is 6.08 Å². The number of rotatable bonds is 10. The fourth-order valence-electron chi connectivity index (χ4n) is 2.71. The molecule has 0 bridgehead atoms. The third-order valence-electron chi connectivity index (χ3n) is 4.27. The smallest absolute Gasteiger partial charge is 0.331 e. The van der Waals surface area contributed by atoms with Crippen molar-refractivity contribution in [2.75, 3.05) is 26.1 Å². The first-order valence-corrected chi connectivity index (χ1v) is 10.1. The predicted octanol–water partition coefficient (Wildman–Crippen LogP) is 4.25. The number of ether oxygens (including phenoxy) is 4. The summed E-state index contributed by atoms with van der Waals surface area (Å²) in [6, 6.07) is 7.17. The lowest BCUT2D eigenvalue weighted by Gasteiger charge is -2.13. The Bertz CT molecular complexity index is 1070. The van der Waals surface area contributed by atoms with Crippen molar-refractivity contribution in [3.8, 4) is 17.2 Å². The summed E-state index contributed by atoms with van der Waals surface area (Å²) in [6.45, 7) is 3.54. The van der Waals surface area contributed by atoms with E-state index >= 15 is 0 Å². The molecule has 1 unspecified atom stereocenters. The van der Waals surface area contributed by atoms with Gasteiger partial charge in [0.05, 0.1) is 36.8 Å². The minimum atomic E-state index is -1.22. The Morgan fingerprint density at radius 1 is 1.21 bits per heavy atom. The summed E-state index contributed by atoms with van der Waals surface area (Å²) in [7, 11) is 2.83. The number of carbonyl (C=O) groups excluding carboxylic acids is 2. The van der Waals surface area contributed by atoms with Gasteiger partial charge in [0.15, 0.2) is 17.6 Å². The third kappa shape index (κ3) is 6.84. The van der Waals surface area contributed by atoms with E-state index in [0.29, 0.717) is 28.7 Å². The molecule has 11 heteroatoms. The molecule has 10 nitrogen and oxygen atoms in total. The summed E-state index contributed by atoms with van der Waals surface area (Å²) in [6.07, 6.45) is 1.34. The van der Waals surface area contributed by atoms with Crippen LogP contribution in [0.1, 0.15) is 19.4 Å². The Hall–Kier alpha value is -3.79. The van der Waals surface area contributed by atoms with Gasteiger partial charge in [-0.1, -0.05) is 11.6 Å². The highest BCUT2D eigenvalue weighted by Crippen LogP contribution is 2.36. The number of nitrogens with one attached hydrogen (secondary N) is 1. The third-order valence-corrected chi connectivity index (χ3v) is 4.55. The van der Waals surface area contributed by atoms with Gasteiger partial charge in [-0.05, 0) is 49.8 Å². The van der Waals surface area contributed by atoms with Crippen molar-refractivity contribution in [1.82, 2.24) is 0 Å². The highest BCUT2D eigenvalue weighted by Gasteiger charge is 2.22. The molecule has 1 atom stereocenters. The van der Waals surface area contributed by atoms with Crippen LogP contribution in [-0.4, -0.2) is 43.7 Å². The number of esters is 1. The first-order valence-electron chi connectivity index (χ1n) is 9.72. The summed E-state index contributed by atoms with van der Waals surface area (Å²) < 4.78 is 20.7. The van der Waals surface area contributed by atoms with Crippen molar-refractivity contribution < 1.29 is 33.5 Å². The van der Waals surface area contributed by atoms with Crippen LogP contribution in [0.4, 0.5) is 11.4 Å². The molecule has 0 aliphatic carbocycles. The lowest BCUT2D eigenvalue weighted by Crippen LogP contribution is -2.29. The van der Waals surface area contributed by atoms with Gasteiger partial charge in [-0.2, -0.15) is 0 Å². The van der Waals surface area contributed by atoms with E-state index in [2.05, 4.69) is 5.32 Å². The Morgan fingerprint density at radius 3 is 2.55 bits per heavy atom. The molecule has 0 aliphatic rings. The zero-order valence-electron chi connectivity index (χ0n) is 18.4. The number of halogens is 1.